The molecule has 0 amide bonds. The Morgan fingerprint density at radius 2 is 1.90 bits per heavy atom. The van der Waals surface area contributed by atoms with Crippen LogP contribution in [0, 0.1) is 13.8 Å². The van der Waals surface area contributed by atoms with Crippen LogP contribution in [0.25, 0.3) is 22.2 Å². The van der Waals surface area contributed by atoms with E-state index in [0.717, 1.165) is 16.5 Å². The summed E-state index contributed by atoms with van der Waals surface area (Å²) in [6.45, 7) is 3.76. The average Bonchev–Trinajstić information content (AvgIpc) is 3.05. The van der Waals surface area contributed by atoms with Crippen molar-refractivity contribution in [1.29, 1.82) is 0 Å². The number of H-pyrrole nitrogens is 1. The van der Waals surface area contributed by atoms with E-state index in [1.54, 1.807) is 31.3 Å². The number of rotatable bonds is 4. The van der Waals surface area contributed by atoms with Crippen LogP contribution < -0.4 is 11.1 Å². The molecule has 8 nitrogen and oxygen atoms in total. The standard InChI is InChI=1S/C20H20N6O2S/c1-11-4-7-14-16(8-11)25-26-18(14)15-10-22-20(24-19(15)21)23-13-6-5-12(2)17(9-13)29(3,27)28/h4-10H,1-3H3,(H,25,26)(H3,21,22,23,24). The number of sulfone groups is 1. The smallest absolute Gasteiger partial charge is 0.229 e. The van der Waals surface area contributed by atoms with Crippen LogP contribution in [-0.4, -0.2) is 34.8 Å². The van der Waals surface area contributed by atoms with Gasteiger partial charge in [-0.3, -0.25) is 5.10 Å². The van der Waals surface area contributed by atoms with Gasteiger partial charge in [0.2, 0.25) is 5.95 Å². The number of aryl methyl sites for hydroxylation is 2. The zero-order chi connectivity index (χ0) is 20.8. The third-order valence-electron chi connectivity index (χ3n) is 4.64. The van der Waals surface area contributed by atoms with Crippen LogP contribution in [0.4, 0.5) is 17.5 Å². The fourth-order valence-electron chi connectivity index (χ4n) is 3.18. The van der Waals surface area contributed by atoms with Gasteiger partial charge >= 0.3 is 0 Å². The fraction of sp³-hybridized carbons (Fsp3) is 0.150. The molecule has 0 saturated carbocycles. The number of benzene rings is 2. The van der Waals surface area contributed by atoms with Crippen molar-refractivity contribution < 1.29 is 8.42 Å². The summed E-state index contributed by atoms with van der Waals surface area (Å²) in [4.78, 5) is 8.89. The molecule has 0 unspecified atom stereocenters. The number of aromatic nitrogens is 4. The number of fused-ring (bicyclic) bond motifs is 1. The van der Waals surface area contributed by atoms with Crippen molar-refractivity contribution in [2.24, 2.45) is 0 Å². The lowest BCUT2D eigenvalue weighted by Gasteiger charge is -2.10. The summed E-state index contributed by atoms with van der Waals surface area (Å²) >= 11 is 0. The molecule has 0 aliphatic heterocycles. The van der Waals surface area contributed by atoms with E-state index in [9.17, 15) is 8.42 Å². The Morgan fingerprint density at radius 3 is 2.62 bits per heavy atom. The highest BCUT2D eigenvalue weighted by atomic mass is 32.2. The minimum atomic E-state index is -3.33. The third-order valence-corrected chi connectivity index (χ3v) is 5.87. The number of nitrogens with zero attached hydrogens (tertiary/aromatic N) is 3. The molecule has 0 bridgehead atoms. The lowest BCUT2D eigenvalue weighted by molar-refractivity contribution is 0.601. The molecule has 4 N–H and O–H groups in total. The molecule has 4 aromatic rings. The average molecular weight is 408 g/mol. The van der Waals surface area contributed by atoms with Crippen molar-refractivity contribution in [2.45, 2.75) is 18.7 Å². The summed E-state index contributed by atoms with van der Waals surface area (Å²) in [5.74, 6) is 0.539. The Balaban J connectivity index is 1.68. The van der Waals surface area contributed by atoms with Crippen molar-refractivity contribution >= 4 is 38.2 Å². The van der Waals surface area contributed by atoms with E-state index in [1.165, 1.54) is 6.26 Å². The van der Waals surface area contributed by atoms with E-state index < -0.39 is 9.84 Å². The predicted molar refractivity (Wildman–Crippen MR) is 114 cm³/mol. The van der Waals surface area contributed by atoms with Crippen LogP contribution in [0.3, 0.4) is 0 Å². The molecule has 148 valence electrons. The highest BCUT2D eigenvalue weighted by molar-refractivity contribution is 7.90. The van der Waals surface area contributed by atoms with E-state index in [-0.39, 0.29) is 16.7 Å². The van der Waals surface area contributed by atoms with Gasteiger partial charge in [0.05, 0.1) is 16.0 Å². The molecule has 0 radical (unpaired) electrons. The summed E-state index contributed by atoms with van der Waals surface area (Å²) < 4.78 is 23.9. The maximum atomic E-state index is 11.9. The van der Waals surface area contributed by atoms with Gasteiger partial charge in [-0.15, -0.1) is 0 Å². The van der Waals surface area contributed by atoms with Crippen LogP contribution in [0.2, 0.25) is 0 Å². The van der Waals surface area contributed by atoms with Gasteiger partial charge in [0.15, 0.2) is 9.84 Å². The minimum Gasteiger partial charge on any atom is -0.383 e. The summed E-state index contributed by atoms with van der Waals surface area (Å²) in [5.41, 5.74) is 10.7. The zero-order valence-electron chi connectivity index (χ0n) is 16.2. The van der Waals surface area contributed by atoms with Crippen LogP contribution >= 0.6 is 0 Å². The summed E-state index contributed by atoms with van der Waals surface area (Å²) in [7, 11) is -3.33. The molecular formula is C20H20N6O2S. The number of nitrogens with two attached hydrogens (primary N) is 1. The number of hydrogen-bond acceptors (Lipinski definition) is 7. The zero-order valence-corrected chi connectivity index (χ0v) is 17.0. The Kier molecular flexibility index (Phi) is 4.46. The molecule has 29 heavy (non-hydrogen) atoms. The fourth-order valence-corrected chi connectivity index (χ4v) is 4.18. The molecule has 0 aliphatic rings. The van der Waals surface area contributed by atoms with Crippen molar-refractivity contribution in [3.05, 3.63) is 53.7 Å². The highest BCUT2D eigenvalue weighted by Crippen LogP contribution is 2.30. The van der Waals surface area contributed by atoms with Crippen molar-refractivity contribution in [3.8, 4) is 11.3 Å². The van der Waals surface area contributed by atoms with Gasteiger partial charge in [0.25, 0.3) is 0 Å². The molecule has 0 atom stereocenters. The van der Waals surface area contributed by atoms with Crippen LogP contribution in [0.15, 0.2) is 47.5 Å². The first kappa shape index (κ1) is 18.9. The van der Waals surface area contributed by atoms with Gasteiger partial charge < -0.3 is 11.1 Å². The maximum absolute atomic E-state index is 11.9. The van der Waals surface area contributed by atoms with Gasteiger partial charge in [-0.25, -0.2) is 13.4 Å². The lowest BCUT2D eigenvalue weighted by Crippen LogP contribution is -2.04. The number of aromatic amines is 1. The third kappa shape index (κ3) is 3.64. The van der Waals surface area contributed by atoms with E-state index in [4.69, 9.17) is 5.73 Å². The van der Waals surface area contributed by atoms with Gasteiger partial charge in [-0.2, -0.15) is 10.1 Å². The molecule has 2 aromatic carbocycles. The topological polar surface area (TPSA) is 127 Å². The van der Waals surface area contributed by atoms with Gasteiger partial charge in [0, 0.05) is 23.5 Å². The number of anilines is 3. The molecule has 0 spiro atoms. The van der Waals surface area contributed by atoms with Crippen LogP contribution in [0.1, 0.15) is 11.1 Å². The summed E-state index contributed by atoms with van der Waals surface area (Å²) in [6, 6.07) is 11.0. The number of hydrogen-bond donors (Lipinski definition) is 3. The molecular weight excluding hydrogens is 388 g/mol. The normalized spacial score (nSPS) is 11.7. The molecule has 0 aliphatic carbocycles. The summed E-state index contributed by atoms with van der Waals surface area (Å²) in [5, 5.41) is 11.3. The first-order valence-corrected chi connectivity index (χ1v) is 10.8. The van der Waals surface area contributed by atoms with Crippen LogP contribution in [-0.2, 0) is 9.84 Å². The SMILES string of the molecule is Cc1ccc2c(-c3cnc(Nc4ccc(C)c(S(C)(=O)=O)c4)nc3N)n[nH]c2c1. The minimum absolute atomic E-state index is 0.255. The first-order chi connectivity index (χ1) is 13.7. The van der Waals surface area contributed by atoms with E-state index in [0.29, 0.717) is 22.5 Å². The molecule has 2 heterocycles. The highest BCUT2D eigenvalue weighted by Gasteiger charge is 2.15. The van der Waals surface area contributed by atoms with Crippen molar-refractivity contribution in [1.82, 2.24) is 20.2 Å². The van der Waals surface area contributed by atoms with E-state index >= 15 is 0 Å². The maximum Gasteiger partial charge on any atom is 0.229 e. The Hall–Kier alpha value is -3.46. The molecule has 4 rings (SSSR count). The van der Waals surface area contributed by atoms with E-state index in [2.05, 4.69) is 25.5 Å². The number of nitrogen functional groups attached to an aromatic ring is 1. The van der Waals surface area contributed by atoms with Crippen molar-refractivity contribution in [2.75, 3.05) is 17.3 Å². The monoisotopic (exact) mass is 408 g/mol. The Labute approximate surface area is 168 Å². The summed E-state index contributed by atoms with van der Waals surface area (Å²) in [6.07, 6.45) is 2.78. The van der Waals surface area contributed by atoms with Gasteiger partial charge in [-0.05, 0) is 43.2 Å². The lowest BCUT2D eigenvalue weighted by atomic mass is 10.1. The molecule has 0 fully saturated rings. The molecule has 0 saturated heterocycles. The second-order valence-corrected chi connectivity index (χ2v) is 8.98. The van der Waals surface area contributed by atoms with Gasteiger partial charge in [0.1, 0.15) is 11.5 Å². The van der Waals surface area contributed by atoms with Crippen LogP contribution in [0.5, 0.6) is 0 Å². The second kappa shape index (κ2) is 6.85. The quantitative estimate of drug-likeness (QED) is 0.472. The molecule has 2 aromatic heterocycles. The molecule has 9 heteroatoms. The van der Waals surface area contributed by atoms with E-state index in [1.807, 2.05) is 25.1 Å². The Morgan fingerprint density at radius 1 is 1.10 bits per heavy atom. The van der Waals surface area contributed by atoms with Crippen molar-refractivity contribution in [3.63, 3.8) is 0 Å². The number of nitrogens with one attached hydrogen (secondary N) is 2. The first-order valence-electron chi connectivity index (χ1n) is 8.88. The van der Waals surface area contributed by atoms with Gasteiger partial charge in [-0.1, -0.05) is 18.2 Å². The second-order valence-electron chi connectivity index (χ2n) is 6.99. The largest absolute Gasteiger partial charge is 0.383 e. The predicted octanol–water partition coefficient (Wildman–Crippen LogP) is 3.37. The Bertz CT molecular complexity index is 1340.